The molecule has 2 aliphatic carbocycles. The lowest BCUT2D eigenvalue weighted by Gasteiger charge is -2.34. The monoisotopic (exact) mass is 162 g/mol. The predicted octanol–water partition coefficient (Wildman–Crippen LogP) is 3.70. The minimum Gasteiger partial charge on any atom is -0.0814 e. The fourth-order valence-corrected chi connectivity index (χ4v) is 2.86. The van der Waals surface area contributed by atoms with E-state index in [0.29, 0.717) is 10.8 Å². The molecule has 0 aromatic carbocycles. The topological polar surface area (TPSA) is 0 Å². The number of hydrogen-bond donors (Lipinski definition) is 0. The predicted molar refractivity (Wildman–Crippen MR) is 53.0 cm³/mol. The largest absolute Gasteiger partial charge is 0.0814 e. The van der Waals surface area contributed by atoms with Gasteiger partial charge in [0.25, 0.3) is 0 Å². The molecule has 2 rings (SSSR count). The molecule has 2 bridgehead atoms. The van der Waals surface area contributed by atoms with E-state index in [4.69, 9.17) is 0 Å². The van der Waals surface area contributed by atoms with Crippen LogP contribution in [0, 0.1) is 10.8 Å². The second-order valence-electron chi connectivity index (χ2n) is 5.00. The molecule has 0 nitrogen and oxygen atoms in total. The summed E-state index contributed by atoms with van der Waals surface area (Å²) in [6, 6.07) is 0. The molecule has 0 aromatic rings. The molecule has 0 fully saturated rings. The first-order chi connectivity index (χ1) is 5.55. The van der Waals surface area contributed by atoms with Gasteiger partial charge in [-0.2, -0.15) is 0 Å². The van der Waals surface area contributed by atoms with Crippen molar-refractivity contribution >= 4 is 0 Å². The highest BCUT2D eigenvalue weighted by molar-refractivity contribution is 5.30. The highest BCUT2D eigenvalue weighted by Crippen LogP contribution is 2.52. The third-order valence-corrected chi connectivity index (χ3v) is 3.27. The Kier molecular flexibility index (Phi) is 1.51. The molecule has 0 N–H and O–H groups in total. The quantitative estimate of drug-likeness (QED) is 0.516. The minimum atomic E-state index is 0.387. The molecule has 2 aliphatic rings. The van der Waals surface area contributed by atoms with Crippen molar-refractivity contribution in [2.45, 2.75) is 40.0 Å². The van der Waals surface area contributed by atoms with Crippen molar-refractivity contribution in [3.63, 3.8) is 0 Å². The van der Waals surface area contributed by atoms with Gasteiger partial charge in [-0.1, -0.05) is 44.6 Å². The van der Waals surface area contributed by atoms with Crippen LogP contribution in [-0.4, -0.2) is 0 Å². The van der Waals surface area contributed by atoms with Crippen molar-refractivity contribution in [3.05, 3.63) is 23.8 Å². The fourth-order valence-electron chi connectivity index (χ4n) is 2.86. The number of allylic oxidation sites excluding steroid dienone is 4. The highest BCUT2D eigenvalue weighted by atomic mass is 14.4. The molecule has 0 aliphatic heterocycles. The maximum absolute atomic E-state index is 2.48. The smallest absolute Gasteiger partial charge is 0.00438 e. The molecule has 0 aromatic heterocycles. The third-order valence-electron chi connectivity index (χ3n) is 3.27. The molecule has 0 saturated heterocycles. The van der Waals surface area contributed by atoms with Gasteiger partial charge in [-0.25, -0.2) is 0 Å². The summed E-state index contributed by atoms with van der Waals surface area (Å²) in [6.45, 7) is 7.00. The van der Waals surface area contributed by atoms with Crippen molar-refractivity contribution < 1.29 is 0 Å². The lowest BCUT2D eigenvalue weighted by atomic mass is 9.70. The summed E-state index contributed by atoms with van der Waals surface area (Å²) < 4.78 is 0. The fraction of sp³-hybridized carbons (Fsp3) is 0.667. The van der Waals surface area contributed by atoms with Crippen LogP contribution >= 0.6 is 0 Å². The first-order valence-corrected chi connectivity index (χ1v) is 4.96. The zero-order valence-corrected chi connectivity index (χ0v) is 8.35. The van der Waals surface area contributed by atoms with Gasteiger partial charge >= 0.3 is 0 Å². The number of hydrogen-bond acceptors (Lipinski definition) is 0. The Morgan fingerprint density at radius 2 is 2.08 bits per heavy atom. The van der Waals surface area contributed by atoms with E-state index in [2.05, 4.69) is 39.0 Å². The molecule has 2 atom stereocenters. The average Bonchev–Trinajstić information content (AvgIpc) is 2.20. The van der Waals surface area contributed by atoms with Gasteiger partial charge < -0.3 is 0 Å². The first kappa shape index (κ1) is 8.10. The van der Waals surface area contributed by atoms with Crippen LogP contribution in [0.15, 0.2) is 23.8 Å². The van der Waals surface area contributed by atoms with E-state index in [9.17, 15) is 0 Å². The second kappa shape index (κ2) is 2.25. The van der Waals surface area contributed by atoms with Gasteiger partial charge in [0.05, 0.1) is 0 Å². The summed E-state index contributed by atoms with van der Waals surface area (Å²) in [6.07, 6.45) is 11.1. The van der Waals surface area contributed by atoms with Crippen molar-refractivity contribution in [2.75, 3.05) is 0 Å². The summed E-state index contributed by atoms with van der Waals surface area (Å²) in [7, 11) is 0. The molecule has 2 unspecified atom stereocenters. The van der Waals surface area contributed by atoms with Crippen LogP contribution in [0.1, 0.15) is 40.0 Å². The van der Waals surface area contributed by atoms with Gasteiger partial charge in [-0.3, -0.25) is 0 Å². The molecule has 66 valence electrons. The zero-order chi connectivity index (χ0) is 8.82. The van der Waals surface area contributed by atoms with Gasteiger partial charge in [-0.05, 0) is 24.7 Å². The average molecular weight is 162 g/mol. The lowest BCUT2D eigenvalue weighted by Crippen LogP contribution is -2.22. The van der Waals surface area contributed by atoms with Crippen LogP contribution in [0.5, 0.6) is 0 Å². The minimum absolute atomic E-state index is 0.387. The van der Waals surface area contributed by atoms with Gasteiger partial charge in [0.2, 0.25) is 0 Å². The van der Waals surface area contributed by atoms with Crippen LogP contribution < -0.4 is 0 Å². The Hall–Kier alpha value is -0.520. The second-order valence-corrected chi connectivity index (χ2v) is 5.00. The van der Waals surface area contributed by atoms with Crippen molar-refractivity contribution in [1.82, 2.24) is 0 Å². The Balaban J connectivity index is 2.36. The van der Waals surface area contributed by atoms with E-state index >= 15 is 0 Å². The van der Waals surface area contributed by atoms with Crippen LogP contribution in [0.2, 0.25) is 0 Å². The Labute approximate surface area is 75.4 Å². The molecule has 0 heteroatoms. The van der Waals surface area contributed by atoms with Gasteiger partial charge in [-0.15, -0.1) is 0 Å². The zero-order valence-electron chi connectivity index (χ0n) is 8.35. The summed E-state index contributed by atoms with van der Waals surface area (Å²) in [5.41, 5.74) is 2.52. The summed E-state index contributed by atoms with van der Waals surface area (Å²) in [5, 5.41) is 0. The van der Waals surface area contributed by atoms with E-state index in [1.54, 1.807) is 5.57 Å². The van der Waals surface area contributed by atoms with Crippen molar-refractivity contribution in [2.24, 2.45) is 10.8 Å². The normalized spacial score (nSPS) is 44.8. The van der Waals surface area contributed by atoms with Gasteiger partial charge in [0.1, 0.15) is 0 Å². The van der Waals surface area contributed by atoms with Crippen molar-refractivity contribution in [1.29, 1.82) is 0 Å². The summed E-state index contributed by atoms with van der Waals surface area (Å²) in [4.78, 5) is 0. The van der Waals surface area contributed by atoms with Crippen LogP contribution in [0.3, 0.4) is 0 Å². The maximum atomic E-state index is 2.48. The molecule has 12 heavy (non-hydrogen) atoms. The molecule has 0 spiro atoms. The number of fused-ring (bicyclic) bond motifs is 2. The Morgan fingerprint density at radius 1 is 1.33 bits per heavy atom. The Bertz CT molecular complexity index is 259. The number of rotatable bonds is 1. The van der Waals surface area contributed by atoms with Gasteiger partial charge in [0, 0.05) is 5.41 Å². The van der Waals surface area contributed by atoms with E-state index < -0.39 is 0 Å². The van der Waals surface area contributed by atoms with Crippen LogP contribution in [0.25, 0.3) is 0 Å². The van der Waals surface area contributed by atoms with E-state index in [1.165, 1.54) is 19.3 Å². The molecule has 0 heterocycles. The van der Waals surface area contributed by atoms with E-state index in [0.717, 1.165) is 0 Å². The highest BCUT2D eigenvalue weighted by Gasteiger charge is 2.40. The molecule has 0 saturated carbocycles. The van der Waals surface area contributed by atoms with E-state index in [-0.39, 0.29) is 0 Å². The van der Waals surface area contributed by atoms with Crippen molar-refractivity contribution in [3.8, 4) is 0 Å². The van der Waals surface area contributed by atoms with Crippen LogP contribution in [-0.2, 0) is 0 Å². The van der Waals surface area contributed by atoms with E-state index in [1.807, 2.05) is 0 Å². The first-order valence-electron chi connectivity index (χ1n) is 4.96. The lowest BCUT2D eigenvalue weighted by molar-refractivity contribution is 0.305. The standard InChI is InChI=1S/C12H18/c1-4-10-7-11(2)5-6-12(3,8-10)9-11/h5-7H,4,8-9H2,1-3H3. The van der Waals surface area contributed by atoms with Gasteiger partial charge in [0.15, 0.2) is 0 Å². The SMILES string of the molecule is CCC1=CC2(C)C=CC(C)(C1)C2. The third kappa shape index (κ3) is 1.14. The van der Waals surface area contributed by atoms with Crippen LogP contribution in [0.4, 0.5) is 0 Å². The summed E-state index contributed by atoms with van der Waals surface area (Å²) in [5.74, 6) is 0. The molecule has 0 amide bonds. The maximum Gasteiger partial charge on any atom is 0.00438 e. The molecule has 0 radical (unpaired) electrons. The molecular weight excluding hydrogens is 144 g/mol. The summed E-state index contributed by atoms with van der Waals surface area (Å²) >= 11 is 0. The molecular formula is C12H18. The Morgan fingerprint density at radius 3 is 2.67 bits per heavy atom.